The molecule has 0 heterocycles. The van der Waals surface area contributed by atoms with Crippen molar-refractivity contribution in [2.45, 2.75) is 45.2 Å². The van der Waals surface area contributed by atoms with Gasteiger partial charge in [0.1, 0.15) is 11.6 Å². The fourth-order valence-electron chi connectivity index (χ4n) is 3.01. The molecule has 2 aromatic carbocycles. The molecule has 132 valence electrons. The van der Waals surface area contributed by atoms with E-state index in [1.54, 1.807) is 12.1 Å². The standard InChI is InChI=1S/C21H24FNO2/c1-2-25-20-10-6-4-7-16(20)11-14-21(24)23(18-12-13-18)15-17-8-3-5-9-19(17)22/h3-10,18H,2,11-15H2,1H3. The first-order valence-electron chi connectivity index (χ1n) is 8.92. The molecule has 0 saturated heterocycles. The van der Waals surface area contributed by atoms with Gasteiger partial charge in [0.25, 0.3) is 0 Å². The van der Waals surface area contributed by atoms with Crippen molar-refractivity contribution in [2.24, 2.45) is 0 Å². The minimum absolute atomic E-state index is 0.0806. The van der Waals surface area contributed by atoms with Crippen LogP contribution in [0.2, 0.25) is 0 Å². The Morgan fingerprint density at radius 1 is 1.12 bits per heavy atom. The number of carbonyl (C=O) groups is 1. The number of aryl methyl sites for hydroxylation is 1. The maximum absolute atomic E-state index is 13.9. The van der Waals surface area contributed by atoms with Gasteiger partial charge in [-0.2, -0.15) is 0 Å². The number of nitrogens with zero attached hydrogens (tertiary/aromatic N) is 1. The summed E-state index contributed by atoms with van der Waals surface area (Å²) in [5, 5.41) is 0. The Balaban J connectivity index is 1.65. The zero-order valence-corrected chi connectivity index (χ0v) is 14.6. The summed E-state index contributed by atoms with van der Waals surface area (Å²) in [4.78, 5) is 14.6. The first-order valence-corrected chi connectivity index (χ1v) is 8.92. The summed E-state index contributed by atoms with van der Waals surface area (Å²) in [6.45, 7) is 2.90. The van der Waals surface area contributed by atoms with Crippen molar-refractivity contribution in [3.05, 3.63) is 65.5 Å². The average Bonchev–Trinajstić information content (AvgIpc) is 3.45. The number of ether oxygens (including phenoxy) is 1. The van der Waals surface area contributed by atoms with E-state index in [1.165, 1.54) is 6.07 Å². The predicted molar refractivity (Wildman–Crippen MR) is 95.9 cm³/mol. The van der Waals surface area contributed by atoms with Crippen LogP contribution in [0.5, 0.6) is 5.75 Å². The predicted octanol–water partition coefficient (Wildman–Crippen LogP) is 4.35. The molecule has 0 aromatic heterocycles. The topological polar surface area (TPSA) is 29.5 Å². The van der Waals surface area contributed by atoms with E-state index in [2.05, 4.69) is 0 Å². The van der Waals surface area contributed by atoms with Gasteiger partial charge in [0.15, 0.2) is 0 Å². The van der Waals surface area contributed by atoms with Crippen molar-refractivity contribution in [3.63, 3.8) is 0 Å². The van der Waals surface area contributed by atoms with Crippen molar-refractivity contribution < 1.29 is 13.9 Å². The molecule has 1 aliphatic rings. The van der Waals surface area contributed by atoms with Crippen LogP contribution >= 0.6 is 0 Å². The number of rotatable bonds is 8. The van der Waals surface area contributed by atoms with Crippen LogP contribution in [-0.2, 0) is 17.8 Å². The molecule has 0 aliphatic heterocycles. The van der Waals surface area contributed by atoms with Crippen LogP contribution in [0, 0.1) is 5.82 Å². The molecule has 3 rings (SSSR count). The van der Waals surface area contributed by atoms with Crippen molar-refractivity contribution in [1.82, 2.24) is 4.90 Å². The highest BCUT2D eigenvalue weighted by molar-refractivity contribution is 5.77. The van der Waals surface area contributed by atoms with Gasteiger partial charge in [-0.15, -0.1) is 0 Å². The Bertz CT molecular complexity index is 727. The van der Waals surface area contributed by atoms with E-state index >= 15 is 0 Å². The van der Waals surface area contributed by atoms with E-state index in [4.69, 9.17) is 4.74 Å². The Labute approximate surface area is 148 Å². The Hall–Kier alpha value is -2.36. The second kappa shape index (κ2) is 8.15. The molecular formula is C21H24FNO2. The molecule has 25 heavy (non-hydrogen) atoms. The molecule has 0 unspecified atom stereocenters. The number of amides is 1. The van der Waals surface area contributed by atoms with Crippen LogP contribution in [0.25, 0.3) is 0 Å². The van der Waals surface area contributed by atoms with Gasteiger partial charge in [0.2, 0.25) is 5.91 Å². The number of para-hydroxylation sites is 1. The number of benzene rings is 2. The van der Waals surface area contributed by atoms with Gasteiger partial charge in [-0.05, 0) is 43.9 Å². The normalized spacial score (nSPS) is 13.5. The lowest BCUT2D eigenvalue weighted by Crippen LogP contribution is -2.33. The molecule has 4 heteroatoms. The van der Waals surface area contributed by atoms with Crippen LogP contribution in [0.1, 0.15) is 37.3 Å². The molecule has 1 fully saturated rings. The van der Waals surface area contributed by atoms with Gasteiger partial charge >= 0.3 is 0 Å². The molecule has 0 atom stereocenters. The SMILES string of the molecule is CCOc1ccccc1CCC(=O)N(Cc1ccccc1F)C1CC1. The summed E-state index contributed by atoms with van der Waals surface area (Å²) in [6.07, 6.45) is 3.07. The maximum atomic E-state index is 13.9. The number of hydrogen-bond donors (Lipinski definition) is 0. The zero-order valence-electron chi connectivity index (χ0n) is 14.6. The number of hydrogen-bond acceptors (Lipinski definition) is 2. The fourth-order valence-corrected chi connectivity index (χ4v) is 3.01. The lowest BCUT2D eigenvalue weighted by molar-refractivity contribution is -0.132. The molecular weight excluding hydrogens is 317 g/mol. The van der Waals surface area contributed by atoms with Crippen LogP contribution in [-0.4, -0.2) is 23.5 Å². The fraction of sp³-hybridized carbons (Fsp3) is 0.381. The molecule has 2 aromatic rings. The van der Waals surface area contributed by atoms with Crippen molar-refractivity contribution >= 4 is 5.91 Å². The third kappa shape index (κ3) is 4.59. The smallest absolute Gasteiger partial charge is 0.223 e. The molecule has 1 saturated carbocycles. The van der Waals surface area contributed by atoms with Crippen LogP contribution < -0.4 is 4.74 Å². The maximum Gasteiger partial charge on any atom is 0.223 e. The minimum atomic E-state index is -0.248. The van der Waals surface area contributed by atoms with Crippen molar-refractivity contribution in [2.75, 3.05) is 6.61 Å². The van der Waals surface area contributed by atoms with E-state index in [-0.39, 0.29) is 17.8 Å². The minimum Gasteiger partial charge on any atom is -0.494 e. The second-order valence-electron chi connectivity index (χ2n) is 6.38. The van der Waals surface area contributed by atoms with Gasteiger partial charge in [0.05, 0.1) is 6.61 Å². The largest absolute Gasteiger partial charge is 0.494 e. The monoisotopic (exact) mass is 341 g/mol. The van der Waals surface area contributed by atoms with E-state index < -0.39 is 0 Å². The molecule has 0 radical (unpaired) electrons. The Morgan fingerprint density at radius 2 is 1.80 bits per heavy atom. The summed E-state index contributed by atoms with van der Waals surface area (Å²) in [5.74, 6) is 0.671. The van der Waals surface area contributed by atoms with E-state index in [1.807, 2.05) is 42.2 Å². The van der Waals surface area contributed by atoms with Gasteiger partial charge in [-0.1, -0.05) is 36.4 Å². The summed E-state index contributed by atoms with van der Waals surface area (Å²) >= 11 is 0. The highest BCUT2D eigenvalue weighted by atomic mass is 19.1. The first kappa shape index (κ1) is 17.5. The number of halogens is 1. The Morgan fingerprint density at radius 3 is 2.48 bits per heavy atom. The van der Waals surface area contributed by atoms with Gasteiger partial charge in [-0.3, -0.25) is 4.79 Å². The average molecular weight is 341 g/mol. The van der Waals surface area contributed by atoms with E-state index in [0.29, 0.717) is 31.6 Å². The molecule has 0 N–H and O–H groups in total. The number of carbonyl (C=O) groups excluding carboxylic acids is 1. The molecule has 0 bridgehead atoms. The van der Waals surface area contributed by atoms with Gasteiger partial charge in [-0.25, -0.2) is 4.39 Å². The second-order valence-corrected chi connectivity index (χ2v) is 6.38. The lowest BCUT2D eigenvalue weighted by atomic mass is 10.1. The van der Waals surface area contributed by atoms with Crippen LogP contribution in [0.15, 0.2) is 48.5 Å². The molecule has 1 amide bonds. The van der Waals surface area contributed by atoms with Crippen molar-refractivity contribution in [1.29, 1.82) is 0 Å². The summed E-state index contributed by atoms with van der Waals surface area (Å²) < 4.78 is 19.6. The quantitative estimate of drug-likeness (QED) is 0.714. The first-order chi connectivity index (χ1) is 12.2. The molecule has 0 spiro atoms. The van der Waals surface area contributed by atoms with E-state index in [0.717, 1.165) is 24.2 Å². The molecule has 3 nitrogen and oxygen atoms in total. The zero-order chi connectivity index (χ0) is 17.6. The lowest BCUT2D eigenvalue weighted by Gasteiger charge is -2.23. The van der Waals surface area contributed by atoms with E-state index in [9.17, 15) is 9.18 Å². The van der Waals surface area contributed by atoms with Gasteiger partial charge in [0, 0.05) is 24.6 Å². The highest BCUT2D eigenvalue weighted by Gasteiger charge is 2.32. The molecule has 1 aliphatic carbocycles. The summed E-state index contributed by atoms with van der Waals surface area (Å²) in [6, 6.07) is 14.8. The van der Waals surface area contributed by atoms with Gasteiger partial charge < -0.3 is 9.64 Å². The third-order valence-electron chi connectivity index (χ3n) is 4.49. The van der Waals surface area contributed by atoms with Crippen molar-refractivity contribution in [3.8, 4) is 5.75 Å². The summed E-state index contributed by atoms with van der Waals surface area (Å²) in [7, 11) is 0. The third-order valence-corrected chi connectivity index (χ3v) is 4.49. The Kier molecular flexibility index (Phi) is 5.69. The van der Waals surface area contributed by atoms with Crippen LogP contribution in [0.3, 0.4) is 0 Å². The summed E-state index contributed by atoms with van der Waals surface area (Å²) in [5.41, 5.74) is 1.62. The highest BCUT2D eigenvalue weighted by Crippen LogP contribution is 2.30. The van der Waals surface area contributed by atoms with Crippen LogP contribution in [0.4, 0.5) is 4.39 Å².